The highest BCUT2D eigenvalue weighted by Crippen LogP contribution is 2.31. The van der Waals surface area contributed by atoms with E-state index in [-0.39, 0.29) is 12.3 Å². The fourth-order valence-corrected chi connectivity index (χ4v) is 3.33. The molecule has 2 aromatic rings. The van der Waals surface area contributed by atoms with E-state index in [4.69, 9.17) is 0 Å². The van der Waals surface area contributed by atoms with Crippen LogP contribution in [0.25, 0.3) is 5.69 Å². The summed E-state index contributed by atoms with van der Waals surface area (Å²) in [5.74, 6) is -0.00754. The van der Waals surface area contributed by atoms with Crippen LogP contribution in [0.5, 0.6) is 0 Å². The molecule has 0 spiro atoms. The summed E-state index contributed by atoms with van der Waals surface area (Å²) in [5, 5.41) is 14.9. The van der Waals surface area contributed by atoms with E-state index in [0.29, 0.717) is 6.54 Å². The molecule has 1 aromatic carbocycles. The average molecular weight is 327 g/mol. The van der Waals surface area contributed by atoms with Crippen LogP contribution in [0.2, 0.25) is 0 Å². The lowest BCUT2D eigenvalue weighted by molar-refractivity contribution is -0.137. The highest BCUT2D eigenvalue weighted by Gasteiger charge is 2.32. The van der Waals surface area contributed by atoms with E-state index in [2.05, 4.69) is 5.10 Å². The molecule has 3 rings (SSSR count). The minimum atomic E-state index is -0.808. The largest absolute Gasteiger partial charge is 0.389 e. The van der Waals surface area contributed by atoms with E-state index < -0.39 is 5.60 Å². The molecule has 0 saturated heterocycles. The van der Waals surface area contributed by atoms with E-state index in [1.165, 1.54) is 0 Å². The Morgan fingerprint density at radius 2 is 1.96 bits per heavy atom. The molecule has 1 saturated carbocycles. The summed E-state index contributed by atoms with van der Waals surface area (Å²) >= 11 is 0. The normalized spacial score (nSPS) is 16.8. The standard InChI is InChI=1S/C19H25N3O2/c1-21(18(23)12-19(24)10-6-3-7-11-19)14-16-13-20-22(15-16)17-8-4-2-5-9-17/h2,4-5,8-9,13,15,24H,3,6-7,10-12,14H2,1H3. The van der Waals surface area contributed by atoms with Gasteiger partial charge in [0.1, 0.15) is 0 Å². The number of carbonyl (C=O) groups excluding carboxylic acids is 1. The third kappa shape index (κ3) is 4.03. The molecule has 0 aliphatic heterocycles. The number of amides is 1. The highest BCUT2D eigenvalue weighted by molar-refractivity contribution is 5.77. The van der Waals surface area contributed by atoms with E-state index in [0.717, 1.165) is 43.4 Å². The van der Waals surface area contributed by atoms with Crippen molar-refractivity contribution in [2.24, 2.45) is 0 Å². The van der Waals surface area contributed by atoms with Crippen molar-refractivity contribution in [2.75, 3.05) is 7.05 Å². The third-order valence-corrected chi connectivity index (χ3v) is 4.77. The topological polar surface area (TPSA) is 58.4 Å². The van der Waals surface area contributed by atoms with E-state index in [9.17, 15) is 9.90 Å². The van der Waals surface area contributed by atoms with Crippen molar-refractivity contribution >= 4 is 5.91 Å². The molecule has 128 valence electrons. The van der Waals surface area contributed by atoms with Crippen molar-refractivity contribution in [3.8, 4) is 5.69 Å². The van der Waals surface area contributed by atoms with Gasteiger partial charge in [0.05, 0.1) is 23.9 Å². The van der Waals surface area contributed by atoms with Crippen molar-refractivity contribution in [3.63, 3.8) is 0 Å². The van der Waals surface area contributed by atoms with Crippen LogP contribution in [0.4, 0.5) is 0 Å². The van der Waals surface area contributed by atoms with E-state index in [1.807, 2.05) is 41.2 Å². The van der Waals surface area contributed by atoms with Gasteiger partial charge < -0.3 is 10.0 Å². The smallest absolute Gasteiger partial charge is 0.225 e. The molecule has 1 aromatic heterocycles. The summed E-state index contributed by atoms with van der Waals surface area (Å²) in [7, 11) is 1.79. The van der Waals surface area contributed by atoms with Gasteiger partial charge in [-0.05, 0) is 25.0 Å². The molecule has 1 fully saturated rings. The number of carbonyl (C=O) groups is 1. The molecular formula is C19H25N3O2. The lowest BCUT2D eigenvalue weighted by atomic mass is 9.82. The molecule has 1 heterocycles. The van der Waals surface area contributed by atoms with Crippen molar-refractivity contribution in [1.29, 1.82) is 0 Å². The average Bonchev–Trinajstić information content (AvgIpc) is 3.04. The Balaban J connectivity index is 1.59. The van der Waals surface area contributed by atoms with Gasteiger partial charge in [0, 0.05) is 25.4 Å². The maximum Gasteiger partial charge on any atom is 0.225 e. The zero-order valence-electron chi connectivity index (χ0n) is 14.2. The third-order valence-electron chi connectivity index (χ3n) is 4.77. The van der Waals surface area contributed by atoms with Crippen molar-refractivity contribution in [3.05, 3.63) is 48.3 Å². The van der Waals surface area contributed by atoms with Crippen molar-refractivity contribution < 1.29 is 9.90 Å². The number of hydrogen-bond donors (Lipinski definition) is 1. The predicted molar refractivity (Wildman–Crippen MR) is 92.7 cm³/mol. The van der Waals surface area contributed by atoms with Gasteiger partial charge in [0.25, 0.3) is 0 Å². The van der Waals surface area contributed by atoms with Gasteiger partial charge in [-0.2, -0.15) is 5.10 Å². The Morgan fingerprint density at radius 1 is 1.25 bits per heavy atom. The molecule has 0 atom stereocenters. The zero-order valence-corrected chi connectivity index (χ0v) is 14.2. The van der Waals surface area contributed by atoms with E-state index in [1.54, 1.807) is 18.1 Å². The van der Waals surface area contributed by atoms with Gasteiger partial charge in [-0.15, -0.1) is 0 Å². The summed E-state index contributed by atoms with van der Waals surface area (Å²) in [6, 6.07) is 9.89. The molecule has 5 heteroatoms. The van der Waals surface area contributed by atoms with Crippen LogP contribution in [0.3, 0.4) is 0 Å². The van der Waals surface area contributed by atoms with Gasteiger partial charge in [0.2, 0.25) is 5.91 Å². The molecule has 0 unspecified atom stereocenters. The summed E-state index contributed by atoms with van der Waals surface area (Å²) in [5.41, 5.74) is 1.16. The predicted octanol–water partition coefficient (Wildman–Crippen LogP) is 2.92. The molecule has 1 aliphatic carbocycles. The second-order valence-electron chi connectivity index (χ2n) is 6.84. The number of aliphatic hydroxyl groups is 1. The van der Waals surface area contributed by atoms with Crippen LogP contribution >= 0.6 is 0 Å². The van der Waals surface area contributed by atoms with Gasteiger partial charge in [0.15, 0.2) is 0 Å². The quantitative estimate of drug-likeness (QED) is 0.918. The first-order valence-electron chi connectivity index (χ1n) is 8.61. The van der Waals surface area contributed by atoms with Gasteiger partial charge in [-0.3, -0.25) is 4.79 Å². The van der Waals surface area contributed by atoms with Crippen LogP contribution in [0.1, 0.15) is 44.1 Å². The molecule has 1 aliphatic rings. The van der Waals surface area contributed by atoms with Crippen LogP contribution < -0.4 is 0 Å². The Hall–Kier alpha value is -2.14. The molecule has 5 nitrogen and oxygen atoms in total. The summed E-state index contributed by atoms with van der Waals surface area (Å²) in [6.07, 6.45) is 8.59. The second kappa shape index (κ2) is 7.18. The maximum absolute atomic E-state index is 12.4. The summed E-state index contributed by atoms with van der Waals surface area (Å²) in [4.78, 5) is 14.1. The van der Waals surface area contributed by atoms with Crippen molar-refractivity contribution in [1.82, 2.24) is 14.7 Å². The molecular weight excluding hydrogens is 302 g/mol. The fourth-order valence-electron chi connectivity index (χ4n) is 3.33. The van der Waals surface area contributed by atoms with Crippen LogP contribution in [0, 0.1) is 0 Å². The number of nitrogens with zero attached hydrogens (tertiary/aromatic N) is 3. The second-order valence-corrected chi connectivity index (χ2v) is 6.84. The molecule has 0 bridgehead atoms. The SMILES string of the molecule is CN(Cc1cnn(-c2ccccc2)c1)C(=O)CC1(O)CCCCC1. The number of para-hydroxylation sites is 1. The lowest BCUT2D eigenvalue weighted by Gasteiger charge is -2.32. The lowest BCUT2D eigenvalue weighted by Crippen LogP contribution is -2.38. The Bertz CT molecular complexity index is 675. The number of aromatic nitrogens is 2. The number of rotatable bonds is 5. The minimum Gasteiger partial charge on any atom is -0.389 e. The van der Waals surface area contributed by atoms with Gasteiger partial charge >= 0.3 is 0 Å². The monoisotopic (exact) mass is 327 g/mol. The Labute approximate surface area is 142 Å². The summed E-state index contributed by atoms with van der Waals surface area (Å²) in [6.45, 7) is 0.502. The first-order chi connectivity index (χ1) is 11.6. The summed E-state index contributed by atoms with van der Waals surface area (Å²) < 4.78 is 1.81. The zero-order chi connectivity index (χ0) is 17.0. The highest BCUT2D eigenvalue weighted by atomic mass is 16.3. The maximum atomic E-state index is 12.4. The van der Waals surface area contributed by atoms with Crippen LogP contribution in [-0.4, -0.2) is 38.3 Å². The Kier molecular flexibility index (Phi) is 5.00. The van der Waals surface area contributed by atoms with Gasteiger partial charge in [-0.25, -0.2) is 4.68 Å². The van der Waals surface area contributed by atoms with Crippen molar-refractivity contribution in [2.45, 2.75) is 50.7 Å². The molecule has 0 radical (unpaired) electrons. The van der Waals surface area contributed by atoms with Crippen LogP contribution in [0.15, 0.2) is 42.7 Å². The number of hydrogen-bond acceptors (Lipinski definition) is 3. The fraction of sp³-hybridized carbons (Fsp3) is 0.474. The first kappa shape index (κ1) is 16.7. The molecule has 1 amide bonds. The molecule has 24 heavy (non-hydrogen) atoms. The Morgan fingerprint density at radius 3 is 2.67 bits per heavy atom. The van der Waals surface area contributed by atoms with Gasteiger partial charge in [-0.1, -0.05) is 37.5 Å². The van der Waals surface area contributed by atoms with E-state index >= 15 is 0 Å². The first-order valence-corrected chi connectivity index (χ1v) is 8.61. The van der Waals surface area contributed by atoms with Crippen LogP contribution in [-0.2, 0) is 11.3 Å². The number of benzene rings is 1. The molecule has 1 N–H and O–H groups in total. The minimum absolute atomic E-state index is 0.00754.